The van der Waals surface area contributed by atoms with Crippen molar-refractivity contribution in [2.24, 2.45) is 5.41 Å². The maximum absolute atomic E-state index is 12.1. The van der Waals surface area contributed by atoms with Crippen molar-refractivity contribution in [3.8, 4) is 39.1 Å². The number of aryl methyl sites for hydroxylation is 3. The molecule has 0 saturated carbocycles. The van der Waals surface area contributed by atoms with Crippen LogP contribution in [0.5, 0.6) is 5.75 Å². The predicted molar refractivity (Wildman–Crippen MR) is 207 cm³/mol. The summed E-state index contributed by atoms with van der Waals surface area (Å²) in [6.07, 6.45) is 7.72. The van der Waals surface area contributed by atoms with E-state index < -0.39 is 11.4 Å². The molecule has 0 unspecified atom stereocenters. The van der Waals surface area contributed by atoms with E-state index in [-0.39, 0.29) is 19.8 Å². The third-order valence-corrected chi connectivity index (χ3v) is 9.69. The molecule has 50 heavy (non-hydrogen) atoms. The fourth-order valence-electron chi connectivity index (χ4n) is 6.20. The van der Waals surface area contributed by atoms with Crippen molar-refractivity contribution in [3.63, 3.8) is 0 Å². The Morgan fingerprint density at radius 1 is 0.700 bits per heavy atom. The molecule has 4 aromatic rings. The summed E-state index contributed by atoms with van der Waals surface area (Å²) in [4.78, 5) is 12.1. The van der Waals surface area contributed by atoms with E-state index in [0.29, 0.717) is 30.8 Å². The van der Waals surface area contributed by atoms with Crippen molar-refractivity contribution in [1.29, 1.82) is 0 Å². The Kier molecular flexibility index (Phi) is 14.4. The van der Waals surface area contributed by atoms with Gasteiger partial charge in [-0.05, 0) is 107 Å². The maximum Gasteiger partial charge on any atom is 0.333 e. The highest BCUT2D eigenvalue weighted by Gasteiger charge is 2.22. The molecule has 0 aliphatic rings. The molecule has 0 saturated heterocycles. The molecule has 5 nitrogen and oxygen atoms in total. The fraction of sp³-hybridized carbons (Fsp3) is 0.400. The smallest absolute Gasteiger partial charge is 0.333 e. The van der Waals surface area contributed by atoms with Crippen LogP contribution in [0.3, 0.4) is 0 Å². The first-order valence-electron chi connectivity index (χ1n) is 18.3. The zero-order chi connectivity index (χ0) is 36.1. The molecule has 0 bridgehead atoms. The van der Waals surface area contributed by atoms with Gasteiger partial charge in [0.25, 0.3) is 0 Å². The van der Waals surface area contributed by atoms with Crippen molar-refractivity contribution in [2.45, 2.75) is 86.0 Å². The maximum atomic E-state index is 12.1. The van der Waals surface area contributed by atoms with Gasteiger partial charge >= 0.3 is 5.97 Å². The van der Waals surface area contributed by atoms with E-state index in [2.05, 4.69) is 100 Å². The molecule has 4 rings (SSSR count). The van der Waals surface area contributed by atoms with E-state index in [1.807, 2.05) is 13.0 Å². The Morgan fingerprint density at radius 2 is 1.26 bits per heavy atom. The van der Waals surface area contributed by atoms with Gasteiger partial charge in [-0.2, -0.15) is 0 Å². The Hall–Kier alpha value is -4.19. The zero-order valence-corrected chi connectivity index (χ0v) is 30.8. The molecule has 0 amide bonds. The SMILES string of the molecule is C=C(C)C(=O)OCCc1cc(-c2ccc(-c3ccc(-c4ccc(CCCCC)cc4)c(CC)c3)cc2CC)ccc1OCCC(C)(CO)CO. The number of aliphatic hydroxyl groups is 2. The van der Waals surface area contributed by atoms with E-state index in [0.717, 1.165) is 36.0 Å². The quantitative estimate of drug-likeness (QED) is 0.0588. The van der Waals surface area contributed by atoms with Crippen LogP contribution < -0.4 is 4.74 Å². The summed E-state index contributed by atoms with van der Waals surface area (Å²) in [6, 6.07) is 28.9. The number of esters is 1. The summed E-state index contributed by atoms with van der Waals surface area (Å²) in [5.74, 6) is 0.287. The van der Waals surface area contributed by atoms with Crippen molar-refractivity contribution in [1.82, 2.24) is 0 Å². The molecule has 5 heteroatoms. The van der Waals surface area contributed by atoms with Crippen molar-refractivity contribution in [3.05, 3.63) is 113 Å². The predicted octanol–water partition coefficient (Wildman–Crippen LogP) is 9.97. The molecule has 0 radical (unpaired) electrons. The third kappa shape index (κ3) is 10.2. The first kappa shape index (κ1) is 38.6. The number of aliphatic hydroxyl groups excluding tert-OH is 2. The van der Waals surface area contributed by atoms with E-state index in [1.165, 1.54) is 58.2 Å². The number of carbonyl (C=O) groups excluding carboxylic acids is 1. The van der Waals surface area contributed by atoms with Gasteiger partial charge in [0.15, 0.2) is 0 Å². The van der Waals surface area contributed by atoms with Gasteiger partial charge in [-0.15, -0.1) is 0 Å². The van der Waals surface area contributed by atoms with Crippen molar-refractivity contribution in [2.75, 3.05) is 26.4 Å². The normalized spacial score (nSPS) is 11.4. The highest BCUT2D eigenvalue weighted by molar-refractivity contribution is 5.87. The average Bonchev–Trinajstić information content (AvgIpc) is 3.15. The molecule has 0 aliphatic carbocycles. The minimum Gasteiger partial charge on any atom is -0.493 e. The molecule has 0 fully saturated rings. The monoisotopic (exact) mass is 676 g/mol. The van der Waals surface area contributed by atoms with E-state index in [9.17, 15) is 15.0 Å². The first-order valence-corrected chi connectivity index (χ1v) is 18.3. The Bertz CT molecular complexity index is 1710. The summed E-state index contributed by atoms with van der Waals surface area (Å²) >= 11 is 0. The number of carbonyl (C=O) groups is 1. The van der Waals surface area contributed by atoms with E-state index in [1.54, 1.807) is 6.92 Å². The number of unbranched alkanes of at least 4 members (excludes halogenated alkanes) is 2. The van der Waals surface area contributed by atoms with Crippen LogP contribution in [0.1, 0.15) is 82.6 Å². The number of rotatable bonds is 19. The van der Waals surface area contributed by atoms with Gasteiger partial charge in [0, 0.05) is 17.4 Å². The lowest BCUT2D eigenvalue weighted by molar-refractivity contribution is -0.138. The molecular formula is C45H56O5. The minimum atomic E-state index is -0.619. The van der Waals surface area contributed by atoms with Crippen LogP contribution in [0.25, 0.3) is 33.4 Å². The van der Waals surface area contributed by atoms with Gasteiger partial charge in [0.2, 0.25) is 0 Å². The van der Waals surface area contributed by atoms with Gasteiger partial charge < -0.3 is 19.7 Å². The topological polar surface area (TPSA) is 76.0 Å². The number of hydrogen-bond acceptors (Lipinski definition) is 5. The van der Waals surface area contributed by atoms with Crippen LogP contribution in [-0.2, 0) is 35.2 Å². The first-order chi connectivity index (χ1) is 24.1. The minimum absolute atomic E-state index is 0.123. The lowest BCUT2D eigenvalue weighted by Crippen LogP contribution is -2.28. The number of ether oxygens (including phenoxy) is 2. The largest absolute Gasteiger partial charge is 0.493 e. The van der Waals surface area contributed by atoms with E-state index in [4.69, 9.17) is 9.47 Å². The summed E-state index contributed by atoms with van der Waals surface area (Å²) in [7, 11) is 0. The van der Waals surface area contributed by atoms with Gasteiger partial charge in [0.05, 0.1) is 26.4 Å². The van der Waals surface area contributed by atoms with Gasteiger partial charge in [-0.3, -0.25) is 0 Å². The second-order valence-electron chi connectivity index (χ2n) is 13.8. The summed E-state index contributed by atoms with van der Waals surface area (Å²) in [5, 5.41) is 19.4. The molecule has 0 spiro atoms. The molecule has 0 aromatic heterocycles. The summed E-state index contributed by atoms with van der Waals surface area (Å²) in [6.45, 7) is 14.1. The molecule has 4 aromatic carbocycles. The van der Waals surface area contributed by atoms with Crippen LogP contribution in [0.2, 0.25) is 0 Å². The third-order valence-electron chi connectivity index (χ3n) is 9.69. The summed E-state index contributed by atoms with van der Waals surface area (Å²) < 4.78 is 11.6. The van der Waals surface area contributed by atoms with Crippen LogP contribution in [0, 0.1) is 5.41 Å². The van der Waals surface area contributed by atoms with Gasteiger partial charge in [-0.25, -0.2) is 4.79 Å². The second-order valence-corrected chi connectivity index (χ2v) is 13.8. The van der Waals surface area contributed by atoms with Crippen LogP contribution in [0.15, 0.2) is 91.0 Å². The lowest BCUT2D eigenvalue weighted by atomic mass is 9.89. The van der Waals surface area contributed by atoms with Crippen molar-refractivity contribution < 1.29 is 24.5 Å². The Balaban J connectivity index is 1.59. The van der Waals surface area contributed by atoms with Gasteiger partial charge in [-0.1, -0.05) is 114 Å². The average molecular weight is 677 g/mol. The van der Waals surface area contributed by atoms with Crippen molar-refractivity contribution >= 4 is 5.97 Å². The molecule has 0 aliphatic heterocycles. The second kappa shape index (κ2) is 18.7. The van der Waals surface area contributed by atoms with Crippen LogP contribution in [0.4, 0.5) is 0 Å². The molecule has 0 heterocycles. The summed E-state index contributed by atoms with van der Waals surface area (Å²) in [5.41, 5.74) is 11.9. The molecule has 266 valence electrons. The zero-order valence-electron chi connectivity index (χ0n) is 30.8. The Labute approximate surface area is 300 Å². The van der Waals surface area contributed by atoms with E-state index >= 15 is 0 Å². The Morgan fingerprint density at radius 3 is 1.82 bits per heavy atom. The molecule has 2 N–H and O–H groups in total. The standard InChI is InChI=1S/C45H56O5/c1-7-10-11-12-33-13-15-36(16-14-33)41-20-17-37(27-34(41)8-2)38-18-21-42(35(9-3)28-38)39-19-22-43(49-26-24-45(6,30-46)31-47)40(29-39)23-25-50-44(48)32(4)5/h13-22,27-29,46-47H,4,7-12,23-26,30-31H2,1-3,5-6H3. The molecular weight excluding hydrogens is 620 g/mol. The highest BCUT2D eigenvalue weighted by Crippen LogP contribution is 2.35. The fourth-order valence-corrected chi connectivity index (χ4v) is 6.20. The van der Waals surface area contributed by atoms with Gasteiger partial charge in [0.1, 0.15) is 5.75 Å². The van der Waals surface area contributed by atoms with Crippen LogP contribution >= 0.6 is 0 Å². The lowest BCUT2D eigenvalue weighted by Gasteiger charge is -2.24. The highest BCUT2D eigenvalue weighted by atomic mass is 16.5. The number of benzene rings is 4. The van der Waals surface area contributed by atoms with Crippen LogP contribution in [-0.4, -0.2) is 42.6 Å². The number of hydrogen-bond donors (Lipinski definition) is 2. The molecule has 0 atom stereocenters.